The normalized spacial score (nSPS) is 17.8. The molecule has 1 amide bonds. The molecule has 0 fully saturated rings. The van der Waals surface area contributed by atoms with Crippen molar-refractivity contribution in [2.75, 3.05) is 32.8 Å². The Labute approximate surface area is 216 Å². The molecule has 2 aliphatic heterocycles. The van der Waals surface area contributed by atoms with Crippen LogP contribution in [0.5, 0.6) is 11.5 Å². The fraction of sp³-hybridized carbons (Fsp3) is 0.259. The first-order valence-electron chi connectivity index (χ1n) is 11.6. The molecule has 3 heterocycles. The Hall–Kier alpha value is -4.18. The van der Waals surface area contributed by atoms with Gasteiger partial charge in [-0.3, -0.25) is 14.2 Å². The number of methoxy groups -OCH3 is 2. The van der Waals surface area contributed by atoms with Gasteiger partial charge in [0.15, 0.2) is 16.3 Å². The maximum atomic E-state index is 14.0. The largest absolute Gasteiger partial charge is 0.493 e. The molecule has 0 spiro atoms. The minimum atomic E-state index is -0.839. The van der Waals surface area contributed by atoms with Gasteiger partial charge in [-0.05, 0) is 37.6 Å². The van der Waals surface area contributed by atoms with Gasteiger partial charge < -0.3 is 19.1 Å². The first kappa shape index (κ1) is 24.5. The van der Waals surface area contributed by atoms with Crippen LogP contribution in [0.25, 0.3) is 5.57 Å². The number of ether oxygens (including phenoxy) is 3. The van der Waals surface area contributed by atoms with Crippen LogP contribution >= 0.6 is 11.3 Å². The number of hydrogen-bond donors (Lipinski definition) is 0. The number of likely N-dealkylation sites (N-methyl/N-ethyl adjacent to an activating group) is 1. The number of carbonyl (C=O) groups is 2. The van der Waals surface area contributed by atoms with Crippen molar-refractivity contribution in [1.29, 1.82) is 0 Å². The summed E-state index contributed by atoms with van der Waals surface area (Å²) in [4.78, 5) is 47.0. The quantitative estimate of drug-likeness (QED) is 0.479. The van der Waals surface area contributed by atoms with Crippen LogP contribution in [0.1, 0.15) is 31.0 Å². The maximum Gasteiger partial charge on any atom is 0.338 e. The van der Waals surface area contributed by atoms with Crippen molar-refractivity contribution in [1.82, 2.24) is 4.57 Å². The van der Waals surface area contributed by atoms with E-state index in [4.69, 9.17) is 14.2 Å². The van der Waals surface area contributed by atoms with Crippen molar-refractivity contribution in [2.45, 2.75) is 19.9 Å². The second-order valence-electron chi connectivity index (χ2n) is 8.49. The number of hydrogen-bond acceptors (Lipinski definition) is 8. The molecule has 0 N–H and O–H groups in total. The minimum absolute atomic E-state index is 0.167. The molecule has 0 radical (unpaired) electrons. The number of amides is 1. The number of anilines is 1. The number of para-hydroxylation sites is 1. The molecule has 190 valence electrons. The fourth-order valence-electron chi connectivity index (χ4n) is 4.77. The molecule has 10 heteroatoms. The van der Waals surface area contributed by atoms with Gasteiger partial charge in [-0.15, -0.1) is 0 Å². The average Bonchev–Trinajstić information content (AvgIpc) is 3.35. The number of fused-ring (bicyclic) bond motifs is 2. The first-order chi connectivity index (χ1) is 17.8. The summed E-state index contributed by atoms with van der Waals surface area (Å²) in [7, 11) is 4.73. The van der Waals surface area contributed by atoms with E-state index in [9.17, 15) is 14.4 Å². The van der Waals surface area contributed by atoms with E-state index in [1.165, 1.54) is 23.7 Å². The highest BCUT2D eigenvalue weighted by atomic mass is 32.1. The third kappa shape index (κ3) is 3.75. The van der Waals surface area contributed by atoms with Gasteiger partial charge in [-0.1, -0.05) is 35.6 Å². The van der Waals surface area contributed by atoms with Gasteiger partial charge in [-0.25, -0.2) is 9.79 Å². The summed E-state index contributed by atoms with van der Waals surface area (Å²) in [5, 5.41) is 0. The van der Waals surface area contributed by atoms with E-state index in [-0.39, 0.29) is 22.6 Å². The Morgan fingerprint density at radius 1 is 1.08 bits per heavy atom. The zero-order chi connectivity index (χ0) is 26.4. The van der Waals surface area contributed by atoms with Crippen molar-refractivity contribution < 1.29 is 23.8 Å². The fourth-order valence-corrected chi connectivity index (χ4v) is 5.91. The number of benzene rings is 2. The number of allylic oxidation sites excluding steroid dienone is 1. The number of esters is 1. The lowest BCUT2D eigenvalue weighted by atomic mass is 9.95. The summed E-state index contributed by atoms with van der Waals surface area (Å²) in [6, 6.07) is 11.7. The van der Waals surface area contributed by atoms with Crippen LogP contribution < -0.4 is 29.3 Å². The van der Waals surface area contributed by atoms with Crippen molar-refractivity contribution in [3.05, 3.63) is 84.5 Å². The van der Waals surface area contributed by atoms with E-state index in [1.54, 1.807) is 39.1 Å². The second kappa shape index (κ2) is 9.36. The molecule has 2 aliphatic rings. The van der Waals surface area contributed by atoms with Crippen LogP contribution in [0.3, 0.4) is 0 Å². The summed E-state index contributed by atoms with van der Waals surface area (Å²) in [6.07, 6.45) is 0. The molecule has 3 aromatic rings. The molecule has 37 heavy (non-hydrogen) atoms. The molecule has 0 saturated heterocycles. The van der Waals surface area contributed by atoms with Crippen LogP contribution in [0.2, 0.25) is 0 Å². The predicted octanol–water partition coefficient (Wildman–Crippen LogP) is 2.16. The predicted molar refractivity (Wildman–Crippen MR) is 139 cm³/mol. The lowest BCUT2D eigenvalue weighted by Gasteiger charge is -2.25. The maximum absolute atomic E-state index is 14.0. The van der Waals surface area contributed by atoms with Gasteiger partial charge in [0.2, 0.25) is 0 Å². The first-order valence-corrected chi connectivity index (χ1v) is 12.5. The molecule has 0 bridgehead atoms. The summed E-state index contributed by atoms with van der Waals surface area (Å²) in [5.74, 6) is 0.124. The molecule has 0 aliphatic carbocycles. The van der Waals surface area contributed by atoms with Crippen LogP contribution in [-0.2, 0) is 14.3 Å². The molecular weight excluding hydrogens is 494 g/mol. The molecule has 1 aromatic heterocycles. The average molecular weight is 520 g/mol. The Bertz CT molecular complexity index is 1670. The van der Waals surface area contributed by atoms with E-state index >= 15 is 0 Å². The number of nitrogens with zero attached hydrogens (tertiary/aromatic N) is 3. The number of rotatable bonds is 5. The Morgan fingerprint density at radius 3 is 2.51 bits per heavy atom. The van der Waals surface area contributed by atoms with Gasteiger partial charge in [0.05, 0.1) is 49.4 Å². The standard InChI is InChI=1S/C27H25N3O6S/c1-6-36-26(33)20-14(2)28-27-30(22(20)15-11-12-18(34-4)19(13-15)35-5)25(32)23(37-27)21-16-9-7-8-10-17(16)29(3)24(21)31/h7-13,22H,6H2,1-5H3/b23-21-. The smallest absolute Gasteiger partial charge is 0.338 e. The number of aromatic nitrogens is 1. The summed E-state index contributed by atoms with van der Waals surface area (Å²) >= 11 is 1.13. The Balaban J connectivity index is 1.83. The van der Waals surface area contributed by atoms with E-state index in [0.717, 1.165) is 17.0 Å². The molecule has 5 rings (SSSR count). The number of thiazole rings is 1. The van der Waals surface area contributed by atoms with Crippen LogP contribution in [0, 0.1) is 0 Å². The zero-order valence-electron chi connectivity index (χ0n) is 21.0. The van der Waals surface area contributed by atoms with Crippen molar-refractivity contribution >= 4 is 34.5 Å². The molecule has 0 saturated carbocycles. The summed E-state index contributed by atoms with van der Waals surface area (Å²) < 4.78 is 17.9. The van der Waals surface area contributed by atoms with Crippen LogP contribution in [0.4, 0.5) is 5.69 Å². The van der Waals surface area contributed by atoms with Crippen LogP contribution in [0.15, 0.2) is 63.5 Å². The summed E-state index contributed by atoms with van der Waals surface area (Å²) in [6.45, 7) is 3.60. The molecule has 1 atom stereocenters. The monoisotopic (exact) mass is 519 g/mol. The van der Waals surface area contributed by atoms with E-state index in [0.29, 0.717) is 38.7 Å². The molecule has 1 unspecified atom stereocenters. The topological polar surface area (TPSA) is 99.4 Å². The molecule has 2 aromatic carbocycles. The Morgan fingerprint density at radius 2 is 1.81 bits per heavy atom. The zero-order valence-corrected chi connectivity index (χ0v) is 21.8. The molecule has 9 nitrogen and oxygen atoms in total. The highest BCUT2D eigenvalue weighted by Crippen LogP contribution is 2.37. The Kier molecular flexibility index (Phi) is 6.20. The van der Waals surface area contributed by atoms with Crippen LogP contribution in [-0.4, -0.2) is 44.3 Å². The van der Waals surface area contributed by atoms with Gasteiger partial charge in [0, 0.05) is 12.6 Å². The van der Waals surface area contributed by atoms with Crippen molar-refractivity contribution in [3.63, 3.8) is 0 Å². The number of carbonyl (C=O) groups excluding carboxylic acids is 2. The third-order valence-electron chi connectivity index (χ3n) is 6.50. The van der Waals surface area contributed by atoms with E-state index in [2.05, 4.69) is 4.99 Å². The van der Waals surface area contributed by atoms with Gasteiger partial charge in [0.25, 0.3) is 11.5 Å². The van der Waals surface area contributed by atoms with Crippen molar-refractivity contribution in [3.8, 4) is 11.5 Å². The lowest BCUT2D eigenvalue weighted by molar-refractivity contribution is -0.139. The van der Waals surface area contributed by atoms with Gasteiger partial charge in [-0.2, -0.15) is 0 Å². The summed E-state index contributed by atoms with van der Waals surface area (Å²) in [5.41, 5.74) is 2.62. The second-order valence-corrected chi connectivity index (χ2v) is 9.47. The highest BCUT2D eigenvalue weighted by molar-refractivity contribution is 7.07. The highest BCUT2D eigenvalue weighted by Gasteiger charge is 2.36. The lowest BCUT2D eigenvalue weighted by Crippen LogP contribution is -2.40. The minimum Gasteiger partial charge on any atom is -0.493 e. The molecular formula is C27H25N3O6S. The van der Waals surface area contributed by atoms with Gasteiger partial charge >= 0.3 is 5.97 Å². The van der Waals surface area contributed by atoms with Crippen molar-refractivity contribution in [2.24, 2.45) is 4.99 Å². The SMILES string of the molecule is CCOC(=O)C1=C(C)N=c2s/c(=C3\C(=O)N(C)c4ccccc43)c(=O)n2C1c1ccc(OC)c(OC)c1. The third-order valence-corrected chi connectivity index (χ3v) is 7.55. The van der Waals surface area contributed by atoms with Gasteiger partial charge in [0.1, 0.15) is 4.53 Å². The van der Waals surface area contributed by atoms with E-state index < -0.39 is 17.6 Å². The van der Waals surface area contributed by atoms with E-state index in [1.807, 2.05) is 24.3 Å².